The van der Waals surface area contributed by atoms with Crippen LogP contribution in [0, 0.1) is 5.92 Å². The second-order valence-electron chi connectivity index (χ2n) is 5.32. The van der Waals surface area contributed by atoms with Crippen LogP contribution < -0.4 is 5.32 Å². The van der Waals surface area contributed by atoms with Gasteiger partial charge < -0.3 is 9.73 Å². The summed E-state index contributed by atoms with van der Waals surface area (Å²) in [5.41, 5.74) is 0.955. The van der Waals surface area contributed by atoms with E-state index in [0.717, 1.165) is 41.6 Å². The molecule has 1 atom stereocenters. The molecule has 2 aromatic rings. The second-order valence-corrected chi connectivity index (χ2v) is 6.17. The standard InChI is InChI=1S/C17H24BrNO/c1-4-10-19-16(12(5-2)6-3)15-11-13-8-7-9-14(18)17(13)20-15/h7-9,11-12,16,19H,4-6,10H2,1-3H3. The normalized spacial score (nSPS) is 13.2. The minimum absolute atomic E-state index is 0.309. The molecule has 0 aliphatic carbocycles. The van der Waals surface area contributed by atoms with Crippen molar-refractivity contribution in [1.82, 2.24) is 5.32 Å². The molecule has 1 N–H and O–H groups in total. The molecule has 0 saturated heterocycles. The average molecular weight is 338 g/mol. The molecular weight excluding hydrogens is 314 g/mol. The molecule has 2 rings (SSSR count). The molecule has 0 amide bonds. The number of benzene rings is 1. The first kappa shape index (κ1) is 15.6. The molecule has 0 aliphatic rings. The molecule has 0 aliphatic heterocycles. The fraction of sp³-hybridized carbons (Fsp3) is 0.529. The van der Waals surface area contributed by atoms with E-state index in [1.54, 1.807) is 0 Å². The molecule has 1 aromatic carbocycles. The number of fused-ring (bicyclic) bond motifs is 1. The van der Waals surface area contributed by atoms with Crippen LogP contribution in [0.3, 0.4) is 0 Å². The van der Waals surface area contributed by atoms with Crippen LogP contribution in [0.4, 0.5) is 0 Å². The van der Waals surface area contributed by atoms with Gasteiger partial charge in [0, 0.05) is 5.39 Å². The SMILES string of the molecule is CCCNC(c1cc2cccc(Br)c2o1)C(CC)CC. The predicted octanol–water partition coefficient (Wildman–Crippen LogP) is 5.67. The number of halogens is 1. The lowest BCUT2D eigenvalue weighted by atomic mass is 9.92. The maximum absolute atomic E-state index is 6.13. The zero-order valence-electron chi connectivity index (χ0n) is 12.6. The molecule has 2 nitrogen and oxygen atoms in total. The molecule has 0 bridgehead atoms. The number of furan rings is 1. The highest BCUT2D eigenvalue weighted by atomic mass is 79.9. The Bertz CT molecular complexity index is 545. The van der Waals surface area contributed by atoms with Gasteiger partial charge in [0.25, 0.3) is 0 Å². The van der Waals surface area contributed by atoms with Crippen LogP contribution in [-0.2, 0) is 0 Å². The topological polar surface area (TPSA) is 25.2 Å². The van der Waals surface area contributed by atoms with Crippen molar-refractivity contribution in [3.05, 3.63) is 34.5 Å². The van der Waals surface area contributed by atoms with Crippen LogP contribution in [0.5, 0.6) is 0 Å². The van der Waals surface area contributed by atoms with E-state index >= 15 is 0 Å². The summed E-state index contributed by atoms with van der Waals surface area (Å²) in [6, 6.07) is 8.69. The molecule has 0 spiro atoms. The highest BCUT2D eigenvalue weighted by Gasteiger charge is 2.23. The van der Waals surface area contributed by atoms with Gasteiger partial charge in [-0.05, 0) is 46.9 Å². The molecule has 110 valence electrons. The Hall–Kier alpha value is -0.800. The predicted molar refractivity (Wildman–Crippen MR) is 89.0 cm³/mol. The summed E-state index contributed by atoms with van der Waals surface area (Å²) >= 11 is 3.57. The first-order valence-corrected chi connectivity index (χ1v) is 8.41. The summed E-state index contributed by atoms with van der Waals surface area (Å²) < 4.78 is 7.16. The Morgan fingerprint density at radius 2 is 1.95 bits per heavy atom. The van der Waals surface area contributed by atoms with Gasteiger partial charge in [-0.2, -0.15) is 0 Å². The average Bonchev–Trinajstić information content (AvgIpc) is 2.88. The van der Waals surface area contributed by atoms with Gasteiger partial charge in [0.05, 0.1) is 10.5 Å². The molecule has 0 radical (unpaired) electrons. The van der Waals surface area contributed by atoms with Crippen molar-refractivity contribution in [2.45, 2.75) is 46.1 Å². The fourth-order valence-electron chi connectivity index (χ4n) is 2.76. The van der Waals surface area contributed by atoms with Gasteiger partial charge in [0.2, 0.25) is 0 Å². The minimum atomic E-state index is 0.309. The molecule has 1 unspecified atom stereocenters. The summed E-state index contributed by atoms with van der Waals surface area (Å²) in [4.78, 5) is 0. The third-order valence-electron chi connectivity index (χ3n) is 3.96. The second kappa shape index (κ2) is 7.28. The largest absolute Gasteiger partial charge is 0.458 e. The molecule has 0 saturated carbocycles. The number of para-hydroxylation sites is 1. The van der Waals surface area contributed by atoms with E-state index in [4.69, 9.17) is 4.42 Å². The van der Waals surface area contributed by atoms with E-state index in [9.17, 15) is 0 Å². The van der Waals surface area contributed by atoms with E-state index in [0.29, 0.717) is 12.0 Å². The lowest BCUT2D eigenvalue weighted by molar-refractivity contribution is 0.300. The summed E-state index contributed by atoms with van der Waals surface area (Å²) in [6.45, 7) is 7.74. The van der Waals surface area contributed by atoms with Crippen LogP contribution >= 0.6 is 15.9 Å². The quantitative estimate of drug-likeness (QED) is 0.703. The van der Waals surface area contributed by atoms with E-state index in [2.05, 4.69) is 60.2 Å². The van der Waals surface area contributed by atoms with Crippen LogP contribution in [0.25, 0.3) is 11.0 Å². The van der Waals surface area contributed by atoms with Crippen molar-refractivity contribution >= 4 is 26.9 Å². The maximum atomic E-state index is 6.13. The van der Waals surface area contributed by atoms with Crippen molar-refractivity contribution in [3.8, 4) is 0 Å². The number of hydrogen-bond acceptors (Lipinski definition) is 2. The Morgan fingerprint density at radius 1 is 1.20 bits per heavy atom. The van der Waals surface area contributed by atoms with Crippen molar-refractivity contribution in [3.63, 3.8) is 0 Å². The van der Waals surface area contributed by atoms with E-state index in [1.807, 2.05) is 6.07 Å². The van der Waals surface area contributed by atoms with Gasteiger partial charge in [0.15, 0.2) is 0 Å². The Balaban J connectivity index is 2.36. The van der Waals surface area contributed by atoms with Crippen molar-refractivity contribution in [2.75, 3.05) is 6.54 Å². The van der Waals surface area contributed by atoms with Crippen LogP contribution in [0.2, 0.25) is 0 Å². The van der Waals surface area contributed by atoms with Gasteiger partial charge in [-0.1, -0.05) is 45.7 Å². The summed E-state index contributed by atoms with van der Waals surface area (Å²) in [5.74, 6) is 1.68. The summed E-state index contributed by atoms with van der Waals surface area (Å²) in [7, 11) is 0. The smallest absolute Gasteiger partial charge is 0.148 e. The Kier molecular flexibility index (Phi) is 5.67. The highest BCUT2D eigenvalue weighted by molar-refractivity contribution is 9.10. The van der Waals surface area contributed by atoms with Crippen LogP contribution in [0.1, 0.15) is 51.8 Å². The third-order valence-corrected chi connectivity index (χ3v) is 4.58. The monoisotopic (exact) mass is 337 g/mol. The van der Waals surface area contributed by atoms with Crippen LogP contribution in [0.15, 0.2) is 33.2 Å². The molecule has 20 heavy (non-hydrogen) atoms. The first-order valence-electron chi connectivity index (χ1n) is 7.62. The van der Waals surface area contributed by atoms with Crippen LogP contribution in [-0.4, -0.2) is 6.54 Å². The van der Waals surface area contributed by atoms with E-state index in [1.165, 1.54) is 5.39 Å². The van der Waals surface area contributed by atoms with Gasteiger partial charge in [-0.3, -0.25) is 0 Å². The lowest BCUT2D eigenvalue weighted by Gasteiger charge is -2.24. The zero-order valence-corrected chi connectivity index (χ0v) is 14.2. The zero-order chi connectivity index (χ0) is 14.5. The molecule has 3 heteroatoms. The molecule has 1 heterocycles. The van der Waals surface area contributed by atoms with E-state index in [-0.39, 0.29) is 0 Å². The third kappa shape index (κ3) is 3.26. The molecule has 0 fully saturated rings. The van der Waals surface area contributed by atoms with Crippen molar-refractivity contribution in [2.24, 2.45) is 5.92 Å². The Morgan fingerprint density at radius 3 is 2.55 bits per heavy atom. The maximum Gasteiger partial charge on any atom is 0.148 e. The summed E-state index contributed by atoms with van der Waals surface area (Å²) in [5, 5.41) is 4.83. The van der Waals surface area contributed by atoms with Gasteiger partial charge in [-0.25, -0.2) is 0 Å². The van der Waals surface area contributed by atoms with Crippen molar-refractivity contribution < 1.29 is 4.42 Å². The lowest BCUT2D eigenvalue weighted by Crippen LogP contribution is -2.28. The first-order chi connectivity index (χ1) is 9.71. The fourth-order valence-corrected chi connectivity index (χ4v) is 3.22. The van der Waals surface area contributed by atoms with E-state index < -0.39 is 0 Å². The van der Waals surface area contributed by atoms with Gasteiger partial charge >= 0.3 is 0 Å². The molecule has 1 aromatic heterocycles. The summed E-state index contributed by atoms with van der Waals surface area (Å²) in [6.07, 6.45) is 3.47. The number of rotatable bonds is 7. The van der Waals surface area contributed by atoms with Gasteiger partial charge in [0.1, 0.15) is 11.3 Å². The Labute approximate surface area is 130 Å². The number of hydrogen-bond donors (Lipinski definition) is 1. The molecular formula is C17H24BrNO. The highest BCUT2D eigenvalue weighted by Crippen LogP contribution is 2.34. The minimum Gasteiger partial charge on any atom is -0.458 e. The number of nitrogens with one attached hydrogen (secondary N) is 1. The van der Waals surface area contributed by atoms with Gasteiger partial charge in [-0.15, -0.1) is 0 Å². The van der Waals surface area contributed by atoms with Crippen molar-refractivity contribution in [1.29, 1.82) is 0 Å².